The normalized spacial score (nSPS) is 12.4. The van der Waals surface area contributed by atoms with Crippen LogP contribution in [0, 0.1) is 0 Å². The van der Waals surface area contributed by atoms with Gasteiger partial charge in [-0.3, -0.25) is 4.79 Å². The summed E-state index contributed by atoms with van der Waals surface area (Å²) >= 11 is 3.10. The van der Waals surface area contributed by atoms with Crippen molar-refractivity contribution in [2.75, 3.05) is 26.1 Å². The highest BCUT2D eigenvalue weighted by molar-refractivity contribution is 8.01. The Morgan fingerprint density at radius 2 is 2.56 bits per heavy atom. The molecule has 1 atom stereocenters. The number of methoxy groups -OCH3 is 1. The molecule has 1 aromatic rings. The molecule has 4 nitrogen and oxygen atoms in total. The molecule has 1 unspecified atom stereocenters. The molecule has 1 aromatic heterocycles. The van der Waals surface area contributed by atoms with E-state index in [0.717, 1.165) is 4.21 Å². The Kier molecular flexibility index (Phi) is 6.47. The molecular formula is C10H15NO3S2. The van der Waals surface area contributed by atoms with Crippen LogP contribution in [0.25, 0.3) is 0 Å². The first kappa shape index (κ1) is 13.5. The molecule has 1 heterocycles. The molecule has 0 saturated carbocycles. The number of hydrogen-bond donors (Lipinski definition) is 2. The van der Waals surface area contributed by atoms with Crippen LogP contribution in [0.4, 0.5) is 0 Å². The largest absolute Gasteiger partial charge is 0.394 e. The van der Waals surface area contributed by atoms with Crippen molar-refractivity contribution < 1.29 is 14.6 Å². The number of ether oxygens (including phenoxy) is 1. The zero-order valence-electron chi connectivity index (χ0n) is 9.01. The highest BCUT2D eigenvalue weighted by Crippen LogP contribution is 2.22. The zero-order valence-corrected chi connectivity index (χ0v) is 10.6. The van der Waals surface area contributed by atoms with Gasteiger partial charge >= 0.3 is 0 Å². The second-order valence-corrected chi connectivity index (χ2v) is 5.35. The van der Waals surface area contributed by atoms with Crippen LogP contribution in [-0.2, 0) is 9.53 Å². The van der Waals surface area contributed by atoms with Gasteiger partial charge in [0.05, 0.1) is 29.2 Å². The zero-order chi connectivity index (χ0) is 11.8. The van der Waals surface area contributed by atoms with Crippen LogP contribution < -0.4 is 5.32 Å². The van der Waals surface area contributed by atoms with E-state index in [1.807, 2.05) is 17.5 Å². The Balaban J connectivity index is 2.24. The van der Waals surface area contributed by atoms with Crippen LogP contribution in [-0.4, -0.2) is 43.1 Å². The molecule has 0 aliphatic heterocycles. The summed E-state index contributed by atoms with van der Waals surface area (Å²) in [5.41, 5.74) is 0. The average molecular weight is 261 g/mol. The SMILES string of the molecule is COCC(CO)NC(=O)CSc1cccs1. The standard InChI is InChI=1S/C10H15NO3S2/c1-14-6-8(5-12)11-9(13)7-16-10-3-2-4-15-10/h2-4,8,12H,5-7H2,1H3,(H,11,13). The number of carbonyl (C=O) groups excluding carboxylic acids is 1. The van der Waals surface area contributed by atoms with E-state index < -0.39 is 0 Å². The van der Waals surface area contributed by atoms with E-state index in [2.05, 4.69) is 5.32 Å². The van der Waals surface area contributed by atoms with Crippen molar-refractivity contribution in [1.82, 2.24) is 5.32 Å². The van der Waals surface area contributed by atoms with E-state index in [-0.39, 0.29) is 18.6 Å². The van der Waals surface area contributed by atoms with Gasteiger partial charge in [0.1, 0.15) is 0 Å². The second-order valence-electron chi connectivity index (χ2n) is 3.12. The van der Waals surface area contributed by atoms with Crippen LogP contribution in [0.15, 0.2) is 21.7 Å². The molecule has 2 N–H and O–H groups in total. The molecule has 0 aliphatic carbocycles. The molecule has 0 aromatic carbocycles. The van der Waals surface area contributed by atoms with E-state index in [0.29, 0.717) is 12.4 Å². The van der Waals surface area contributed by atoms with Crippen molar-refractivity contribution in [3.05, 3.63) is 17.5 Å². The van der Waals surface area contributed by atoms with E-state index in [9.17, 15) is 4.79 Å². The van der Waals surface area contributed by atoms with Crippen LogP contribution in [0.5, 0.6) is 0 Å². The number of carbonyl (C=O) groups is 1. The van der Waals surface area contributed by atoms with Crippen LogP contribution in [0.1, 0.15) is 0 Å². The molecule has 16 heavy (non-hydrogen) atoms. The van der Waals surface area contributed by atoms with Gasteiger partial charge in [-0.25, -0.2) is 0 Å². The fraction of sp³-hybridized carbons (Fsp3) is 0.500. The molecule has 0 saturated heterocycles. The number of amides is 1. The van der Waals surface area contributed by atoms with Crippen LogP contribution >= 0.6 is 23.1 Å². The topological polar surface area (TPSA) is 58.6 Å². The summed E-state index contributed by atoms with van der Waals surface area (Å²) in [5, 5.41) is 13.6. The van der Waals surface area contributed by atoms with Crippen molar-refractivity contribution >= 4 is 29.0 Å². The molecule has 90 valence electrons. The summed E-state index contributed by atoms with van der Waals surface area (Å²) in [6.45, 7) is 0.217. The molecule has 0 spiro atoms. The third-order valence-corrected chi connectivity index (χ3v) is 3.92. The summed E-state index contributed by atoms with van der Waals surface area (Å²) in [6, 6.07) is 3.61. The first-order chi connectivity index (χ1) is 7.76. The lowest BCUT2D eigenvalue weighted by Gasteiger charge is -2.14. The maximum atomic E-state index is 11.5. The molecule has 0 bridgehead atoms. The number of hydrogen-bond acceptors (Lipinski definition) is 5. The second kappa shape index (κ2) is 7.67. The van der Waals surface area contributed by atoms with Gasteiger partial charge in [-0.05, 0) is 11.4 Å². The smallest absolute Gasteiger partial charge is 0.230 e. The lowest BCUT2D eigenvalue weighted by molar-refractivity contribution is -0.120. The van der Waals surface area contributed by atoms with Crippen molar-refractivity contribution in [2.45, 2.75) is 10.3 Å². The van der Waals surface area contributed by atoms with Gasteiger partial charge in [-0.15, -0.1) is 23.1 Å². The van der Waals surface area contributed by atoms with Crippen molar-refractivity contribution in [2.24, 2.45) is 0 Å². The highest BCUT2D eigenvalue weighted by atomic mass is 32.2. The van der Waals surface area contributed by atoms with E-state index in [1.54, 1.807) is 11.3 Å². The predicted molar refractivity (Wildman–Crippen MR) is 65.9 cm³/mol. The van der Waals surface area contributed by atoms with E-state index in [1.165, 1.54) is 18.9 Å². The Morgan fingerprint density at radius 1 is 1.75 bits per heavy atom. The third kappa shape index (κ3) is 4.98. The first-order valence-electron chi connectivity index (χ1n) is 4.81. The number of nitrogens with one attached hydrogen (secondary N) is 1. The first-order valence-corrected chi connectivity index (χ1v) is 6.68. The van der Waals surface area contributed by atoms with Crippen molar-refractivity contribution in [1.29, 1.82) is 0 Å². The Labute approximate surface area is 103 Å². The molecule has 0 aliphatic rings. The highest BCUT2D eigenvalue weighted by Gasteiger charge is 2.11. The van der Waals surface area contributed by atoms with Gasteiger partial charge < -0.3 is 15.2 Å². The van der Waals surface area contributed by atoms with Gasteiger partial charge in [-0.1, -0.05) is 6.07 Å². The monoisotopic (exact) mass is 261 g/mol. The summed E-state index contributed by atoms with van der Waals surface area (Å²) in [7, 11) is 1.54. The lowest BCUT2D eigenvalue weighted by atomic mass is 10.3. The summed E-state index contributed by atoms with van der Waals surface area (Å²) in [5.74, 6) is 0.273. The van der Waals surface area contributed by atoms with Gasteiger partial charge in [-0.2, -0.15) is 0 Å². The maximum Gasteiger partial charge on any atom is 0.230 e. The number of rotatable bonds is 7. The van der Waals surface area contributed by atoms with Crippen molar-refractivity contribution in [3.63, 3.8) is 0 Å². The maximum absolute atomic E-state index is 11.5. The van der Waals surface area contributed by atoms with E-state index in [4.69, 9.17) is 9.84 Å². The molecule has 0 fully saturated rings. The number of thioether (sulfide) groups is 1. The van der Waals surface area contributed by atoms with Crippen molar-refractivity contribution in [3.8, 4) is 0 Å². The predicted octanol–water partition coefficient (Wildman–Crippen LogP) is 0.964. The summed E-state index contributed by atoms with van der Waals surface area (Å²) in [4.78, 5) is 11.5. The minimum absolute atomic E-state index is 0.0884. The Hall–Kier alpha value is -0.560. The molecule has 6 heteroatoms. The van der Waals surface area contributed by atoms with E-state index >= 15 is 0 Å². The molecule has 1 amide bonds. The molecule has 0 radical (unpaired) electrons. The lowest BCUT2D eigenvalue weighted by Crippen LogP contribution is -2.41. The minimum Gasteiger partial charge on any atom is -0.394 e. The molecule has 1 rings (SSSR count). The number of aliphatic hydroxyl groups excluding tert-OH is 1. The third-order valence-electron chi connectivity index (χ3n) is 1.79. The van der Waals surface area contributed by atoms with Crippen LogP contribution in [0.3, 0.4) is 0 Å². The summed E-state index contributed by atoms with van der Waals surface area (Å²) in [6.07, 6.45) is 0. The average Bonchev–Trinajstić information content (AvgIpc) is 2.78. The number of aliphatic hydroxyl groups is 1. The number of thiophene rings is 1. The Morgan fingerprint density at radius 3 is 3.12 bits per heavy atom. The summed E-state index contributed by atoms with van der Waals surface area (Å²) < 4.78 is 5.98. The van der Waals surface area contributed by atoms with Gasteiger partial charge in [0, 0.05) is 7.11 Å². The van der Waals surface area contributed by atoms with Gasteiger partial charge in [0.15, 0.2) is 0 Å². The van der Waals surface area contributed by atoms with Gasteiger partial charge in [0.25, 0.3) is 0 Å². The van der Waals surface area contributed by atoms with Gasteiger partial charge in [0.2, 0.25) is 5.91 Å². The van der Waals surface area contributed by atoms with Crippen LogP contribution in [0.2, 0.25) is 0 Å². The fourth-order valence-corrected chi connectivity index (χ4v) is 2.69. The molecular weight excluding hydrogens is 246 g/mol. The fourth-order valence-electron chi connectivity index (χ4n) is 1.09. The quantitative estimate of drug-likeness (QED) is 0.718. The minimum atomic E-state index is -0.318. The Bertz CT molecular complexity index is 303.